The monoisotopic (exact) mass is 321 g/mol. The molecule has 1 rings (SSSR count). The molecule has 7 nitrogen and oxygen atoms in total. The smallest absolute Gasteiger partial charge is 0.319 e. The summed E-state index contributed by atoms with van der Waals surface area (Å²) in [6.45, 7) is 5.35. The van der Waals surface area contributed by atoms with Gasteiger partial charge >= 0.3 is 12.0 Å². The number of nitrogens with two attached hydrogens (primary N) is 1. The van der Waals surface area contributed by atoms with Gasteiger partial charge in [0.15, 0.2) is 0 Å². The average molecular weight is 321 g/mol. The molecule has 0 saturated carbocycles. The number of aliphatic carboxylic acids is 1. The van der Waals surface area contributed by atoms with E-state index in [1.165, 1.54) is 6.07 Å². The number of hydrogen-bond donors (Lipinski definition) is 4. The van der Waals surface area contributed by atoms with Gasteiger partial charge in [0.05, 0.1) is 5.41 Å². The summed E-state index contributed by atoms with van der Waals surface area (Å²) in [4.78, 5) is 34.6. The number of benzene rings is 1. The predicted molar refractivity (Wildman–Crippen MR) is 87.4 cm³/mol. The third-order valence-electron chi connectivity index (χ3n) is 4.01. The van der Waals surface area contributed by atoms with Crippen LogP contribution in [0.25, 0.3) is 0 Å². The molecule has 7 heteroatoms. The maximum Gasteiger partial charge on any atom is 0.319 e. The summed E-state index contributed by atoms with van der Waals surface area (Å²) in [6, 6.07) is 4.25. The summed E-state index contributed by atoms with van der Waals surface area (Å²) in [7, 11) is 0. The van der Waals surface area contributed by atoms with E-state index in [4.69, 9.17) is 5.73 Å². The van der Waals surface area contributed by atoms with Crippen molar-refractivity contribution in [2.75, 3.05) is 11.9 Å². The van der Waals surface area contributed by atoms with E-state index < -0.39 is 23.3 Å². The molecule has 126 valence electrons. The van der Waals surface area contributed by atoms with Crippen molar-refractivity contribution in [2.24, 2.45) is 11.1 Å². The minimum Gasteiger partial charge on any atom is -0.481 e. The van der Waals surface area contributed by atoms with Crippen LogP contribution in [0.5, 0.6) is 0 Å². The quantitative estimate of drug-likeness (QED) is 0.614. The normalized spacial score (nSPS) is 10.9. The second kappa shape index (κ2) is 7.62. The van der Waals surface area contributed by atoms with Gasteiger partial charge in [-0.25, -0.2) is 4.79 Å². The van der Waals surface area contributed by atoms with E-state index >= 15 is 0 Å². The first-order valence-electron chi connectivity index (χ1n) is 7.44. The summed E-state index contributed by atoms with van der Waals surface area (Å²) >= 11 is 0. The van der Waals surface area contributed by atoms with E-state index in [9.17, 15) is 19.5 Å². The molecular weight excluding hydrogens is 298 g/mol. The molecule has 23 heavy (non-hydrogen) atoms. The number of hydrogen-bond acceptors (Lipinski definition) is 3. The summed E-state index contributed by atoms with van der Waals surface area (Å²) in [5.41, 5.74) is 5.74. The Hall–Kier alpha value is -2.57. The first-order valence-corrected chi connectivity index (χ1v) is 7.44. The lowest BCUT2D eigenvalue weighted by atomic mass is 9.82. The van der Waals surface area contributed by atoms with Crippen molar-refractivity contribution in [1.82, 2.24) is 5.32 Å². The lowest BCUT2D eigenvalue weighted by molar-refractivity contribution is -0.149. The van der Waals surface area contributed by atoms with Crippen LogP contribution < -0.4 is 16.4 Å². The zero-order valence-electron chi connectivity index (χ0n) is 13.6. The van der Waals surface area contributed by atoms with Crippen molar-refractivity contribution in [3.05, 3.63) is 29.3 Å². The summed E-state index contributed by atoms with van der Waals surface area (Å²) < 4.78 is 0. The van der Waals surface area contributed by atoms with Crippen LogP contribution in [0.3, 0.4) is 0 Å². The third kappa shape index (κ3) is 4.70. The number of carbonyl (C=O) groups is 3. The highest BCUT2D eigenvalue weighted by Crippen LogP contribution is 2.25. The van der Waals surface area contributed by atoms with Crippen LogP contribution in [0.4, 0.5) is 10.5 Å². The van der Waals surface area contributed by atoms with Gasteiger partial charge in [0, 0.05) is 17.8 Å². The molecule has 3 amide bonds. The molecule has 1 aromatic carbocycles. The molecule has 0 aliphatic heterocycles. The highest BCUT2D eigenvalue weighted by atomic mass is 16.4. The highest BCUT2D eigenvalue weighted by molar-refractivity contribution is 5.96. The lowest BCUT2D eigenvalue weighted by Gasteiger charge is -2.26. The van der Waals surface area contributed by atoms with Crippen LogP contribution >= 0.6 is 0 Å². The van der Waals surface area contributed by atoms with Gasteiger partial charge in [-0.1, -0.05) is 13.8 Å². The summed E-state index contributed by atoms with van der Waals surface area (Å²) in [5, 5.41) is 14.5. The van der Waals surface area contributed by atoms with Crippen LogP contribution in [0.1, 0.15) is 42.6 Å². The van der Waals surface area contributed by atoms with Gasteiger partial charge in [-0.3, -0.25) is 9.59 Å². The number of primary amides is 1. The van der Waals surface area contributed by atoms with E-state index in [0.29, 0.717) is 24.1 Å². The van der Waals surface area contributed by atoms with Crippen LogP contribution in [-0.2, 0) is 4.79 Å². The minimum atomic E-state index is -0.984. The second-order valence-corrected chi connectivity index (χ2v) is 5.55. The SMILES string of the molecule is CCC(CC)(CNC(=O)Nc1cc(C)cc(C(N)=O)c1)C(=O)O. The summed E-state index contributed by atoms with van der Waals surface area (Å²) in [5.74, 6) is -1.52. The fourth-order valence-corrected chi connectivity index (χ4v) is 2.30. The van der Waals surface area contributed by atoms with Crippen molar-refractivity contribution >= 4 is 23.6 Å². The molecule has 0 saturated heterocycles. The molecule has 0 unspecified atom stereocenters. The van der Waals surface area contributed by atoms with E-state index in [1.54, 1.807) is 32.9 Å². The standard InChI is InChI=1S/C16H23N3O4/c1-4-16(5-2,14(21)22)9-18-15(23)19-12-7-10(3)6-11(8-12)13(17)20/h6-8H,4-5,9H2,1-3H3,(H2,17,20)(H,21,22)(H2,18,19,23). The second-order valence-electron chi connectivity index (χ2n) is 5.55. The first kappa shape index (κ1) is 18.5. The Morgan fingerprint density at radius 2 is 1.78 bits per heavy atom. The molecular formula is C16H23N3O4. The molecule has 0 aromatic heterocycles. The van der Waals surface area contributed by atoms with Crippen molar-refractivity contribution in [1.29, 1.82) is 0 Å². The Morgan fingerprint density at radius 1 is 1.17 bits per heavy atom. The third-order valence-corrected chi connectivity index (χ3v) is 4.01. The Morgan fingerprint density at radius 3 is 2.26 bits per heavy atom. The van der Waals surface area contributed by atoms with Crippen LogP contribution in [0, 0.1) is 12.3 Å². The minimum absolute atomic E-state index is 0.0235. The van der Waals surface area contributed by atoms with E-state index in [-0.39, 0.29) is 6.54 Å². The number of aryl methyl sites for hydroxylation is 1. The van der Waals surface area contributed by atoms with Crippen molar-refractivity contribution in [2.45, 2.75) is 33.6 Å². The Bertz CT molecular complexity index is 609. The van der Waals surface area contributed by atoms with Gasteiger partial charge in [0.25, 0.3) is 0 Å². The zero-order chi connectivity index (χ0) is 17.6. The molecule has 0 radical (unpaired) electrons. The van der Waals surface area contributed by atoms with E-state index in [1.807, 2.05) is 0 Å². The van der Waals surface area contributed by atoms with Crippen molar-refractivity contribution in [3.8, 4) is 0 Å². The lowest BCUT2D eigenvalue weighted by Crippen LogP contribution is -2.43. The summed E-state index contributed by atoms with van der Waals surface area (Å²) in [6.07, 6.45) is 0.824. The number of carboxylic acid groups (broad SMARTS) is 1. The van der Waals surface area contributed by atoms with Crippen molar-refractivity contribution in [3.63, 3.8) is 0 Å². The van der Waals surface area contributed by atoms with E-state index in [2.05, 4.69) is 10.6 Å². The number of anilines is 1. The van der Waals surface area contributed by atoms with Gasteiger partial charge in [0.2, 0.25) is 5.91 Å². The molecule has 0 bridgehead atoms. The molecule has 0 atom stereocenters. The largest absolute Gasteiger partial charge is 0.481 e. The van der Waals surface area contributed by atoms with Crippen molar-refractivity contribution < 1.29 is 19.5 Å². The molecule has 0 aliphatic carbocycles. The van der Waals surface area contributed by atoms with E-state index in [0.717, 1.165) is 5.56 Å². The number of amides is 3. The Kier molecular flexibility index (Phi) is 6.12. The predicted octanol–water partition coefficient (Wildman–Crippen LogP) is 2.11. The van der Waals surface area contributed by atoms with Crippen LogP contribution in [0.15, 0.2) is 18.2 Å². The zero-order valence-corrected chi connectivity index (χ0v) is 13.6. The Labute approximate surface area is 135 Å². The van der Waals surface area contributed by atoms with Gasteiger partial charge in [-0.05, 0) is 43.5 Å². The van der Waals surface area contributed by atoms with Crippen LogP contribution in [0.2, 0.25) is 0 Å². The molecule has 1 aromatic rings. The fourth-order valence-electron chi connectivity index (χ4n) is 2.30. The maximum atomic E-state index is 12.0. The van der Waals surface area contributed by atoms with Crippen LogP contribution in [-0.4, -0.2) is 29.6 Å². The van der Waals surface area contributed by atoms with Gasteiger partial charge < -0.3 is 21.5 Å². The molecule has 5 N–H and O–H groups in total. The maximum absolute atomic E-state index is 12.0. The number of rotatable bonds is 7. The topological polar surface area (TPSA) is 122 Å². The number of carbonyl (C=O) groups excluding carboxylic acids is 2. The van der Waals surface area contributed by atoms with Gasteiger partial charge in [-0.2, -0.15) is 0 Å². The first-order chi connectivity index (χ1) is 10.7. The highest BCUT2D eigenvalue weighted by Gasteiger charge is 2.35. The van der Waals surface area contributed by atoms with Gasteiger partial charge in [0.1, 0.15) is 0 Å². The number of nitrogens with one attached hydrogen (secondary N) is 2. The fraction of sp³-hybridized carbons (Fsp3) is 0.438. The molecule has 0 heterocycles. The number of urea groups is 1. The average Bonchev–Trinajstić information content (AvgIpc) is 2.47. The number of carboxylic acids is 1. The van der Waals surface area contributed by atoms with Gasteiger partial charge in [-0.15, -0.1) is 0 Å². The Balaban J connectivity index is 2.78. The molecule has 0 aliphatic rings. The molecule has 0 fully saturated rings. The molecule has 0 spiro atoms.